The van der Waals surface area contributed by atoms with E-state index < -0.39 is 124 Å². The van der Waals surface area contributed by atoms with Crippen LogP contribution >= 0.6 is 0 Å². The van der Waals surface area contributed by atoms with E-state index >= 15 is 9.59 Å². The molecule has 3 fully saturated rings. The summed E-state index contributed by atoms with van der Waals surface area (Å²) in [7, 11) is -5.18. The van der Waals surface area contributed by atoms with Crippen molar-refractivity contribution in [1.82, 2.24) is 5.32 Å². The predicted octanol–water partition coefficient (Wildman–Crippen LogP) is 6.47. The Bertz CT molecular complexity index is 2270. The lowest BCUT2D eigenvalue weighted by molar-refractivity contribution is -0.339. The summed E-state index contributed by atoms with van der Waals surface area (Å²) in [4.78, 5) is 85.3. The van der Waals surface area contributed by atoms with Crippen molar-refractivity contribution in [1.29, 1.82) is 0 Å². The Morgan fingerprint density at radius 2 is 1.50 bits per heavy atom. The quantitative estimate of drug-likeness (QED) is 0.0687. The van der Waals surface area contributed by atoms with Crippen molar-refractivity contribution in [2.45, 2.75) is 154 Å². The minimum Gasteiger partial charge on any atom is -0.456 e. The molecule has 2 bridgehead atoms. The van der Waals surface area contributed by atoms with Crippen molar-refractivity contribution in [2.75, 3.05) is 6.61 Å². The van der Waals surface area contributed by atoms with Crippen molar-refractivity contribution >= 4 is 52.2 Å². The number of esters is 4. The highest BCUT2D eigenvalue weighted by molar-refractivity contribution is 6.70. The predicted molar refractivity (Wildman–Crippen MR) is 247 cm³/mol. The monoisotopic (exact) mass is 947 g/mol. The van der Waals surface area contributed by atoms with Gasteiger partial charge in [0.1, 0.15) is 23.9 Å². The smallest absolute Gasteiger partial charge is 0.338 e. The van der Waals surface area contributed by atoms with Gasteiger partial charge in [0.2, 0.25) is 5.91 Å². The van der Waals surface area contributed by atoms with Crippen LogP contribution in [0.15, 0.2) is 83.5 Å². The van der Waals surface area contributed by atoms with E-state index in [1.165, 1.54) is 6.92 Å². The summed E-state index contributed by atoms with van der Waals surface area (Å²) in [6, 6.07) is 15.9. The molecule has 1 amide bonds. The number of carbonyl (C=O) groups excluding carboxylic acids is 6. The zero-order valence-corrected chi connectivity index (χ0v) is 42.1. The lowest BCUT2D eigenvalue weighted by Crippen LogP contribution is -2.80. The first-order valence-corrected chi connectivity index (χ1v) is 29.3. The van der Waals surface area contributed by atoms with Gasteiger partial charge in [-0.3, -0.25) is 19.2 Å². The lowest BCUT2D eigenvalue weighted by atomic mass is 9.48. The maximum absolute atomic E-state index is 15.9. The summed E-state index contributed by atoms with van der Waals surface area (Å²) in [5.41, 5.74) is -4.05. The van der Waals surface area contributed by atoms with E-state index in [1.54, 1.807) is 94.4 Å². The fourth-order valence-electron chi connectivity index (χ4n) is 10.0. The van der Waals surface area contributed by atoms with Gasteiger partial charge in [-0.1, -0.05) is 54.6 Å². The number of Topliss-reactive ketones (excluding diaryl/α,β-unsaturated/α-hetero) is 1. The van der Waals surface area contributed by atoms with Crippen molar-refractivity contribution in [2.24, 2.45) is 11.3 Å². The second-order valence-electron chi connectivity index (χ2n) is 20.2. The summed E-state index contributed by atoms with van der Waals surface area (Å²) in [5, 5.41) is 16.6. The van der Waals surface area contributed by atoms with Gasteiger partial charge in [0, 0.05) is 38.7 Å². The third kappa shape index (κ3) is 10.2. The zero-order valence-electron chi connectivity index (χ0n) is 40.1. The van der Waals surface area contributed by atoms with Crippen molar-refractivity contribution in [3.63, 3.8) is 0 Å². The molecule has 3 aliphatic carbocycles. The molecule has 1 heterocycles. The van der Waals surface area contributed by atoms with E-state index in [4.69, 9.17) is 32.5 Å². The molecule has 358 valence electrons. The van der Waals surface area contributed by atoms with Crippen LogP contribution in [0.25, 0.3) is 0 Å². The number of carbonyl (C=O) groups is 6. The van der Waals surface area contributed by atoms with Crippen LogP contribution < -0.4 is 5.32 Å². The van der Waals surface area contributed by atoms with Gasteiger partial charge in [-0.15, -0.1) is 0 Å². The topological polar surface area (TPSA) is 199 Å². The van der Waals surface area contributed by atoms with Crippen molar-refractivity contribution in [3.05, 3.63) is 94.6 Å². The highest BCUT2D eigenvalue weighted by Crippen LogP contribution is 2.62. The Morgan fingerprint density at radius 3 is 2.03 bits per heavy atom. The van der Waals surface area contributed by atoms with Crippen LogP contribution in [0.5, 0.6) is 0 Å². The van der Waals surface area contributed by atoms with Crippen LogP contribution in [0.3, 0.4) is 0 Å². The normalized spacial score (nSPS) is 30.7. The number of fused-ring (bicyclic) bond motifs is 5. The Labute approximate surface area is 389 Å². The van der Waals surface area contributed by atoms with E-state index in [9.17, 15) is 24.3 Å². The van der Waals surface area contributed by atoms with Crippen LogP contribution in [0.4, 0.5) is 0 Å². The van der Waals surface area contributed by atoms with Crippen molar-refractivity contribution < 1.29 is 66.4 Å². The number of allylic oxidation sites excluding steroid dienone is 1. The molecule has 2 unspecified atom stereocenters. The first-order valence-electron chi connectivity index (χ1n) is 22.5. The number of nitrogens with one attached hydrogen (secondary N) is 1. The molecule has 17 heteroatoms. The van der Waals surface area contributed by atoms with Gasteiger partial charge in [0.25, 0.3) is 0 Å². The van der Waals surface area contributed by atoms with Crippen LogP contribution in [0.1, 0.15) is 82.8 Å². The average Bonchev–Trinajstić information content (AvgIpc) is 3.23. The van der Waals surface area contributed by atoms with E-state index in [1.807, 2.05) is 39.3 Å². The highest BCUT2D eigenvalue weighted by atomic mass is 28.4. The van der Waals surface area contributed by atoms with Crippen LogP contribution in [0.2, 0.25) is 39.3 Å². The van der Waals surface area contributed by atoms with Gasteiger partial charge in [-0.2, -0.15) is 0 Å². The molecule has 4 aliphatic rings. The molecule has 0 spiro atoms. The van der Waals surface area contributed by atoms with Crippen LogP contribution in [-0.2, 0) is 56.5 Å². The molecule has 6 rings (SSSR count). The molecule has 2 saturated carbocycles. The number of hydrogen-bond donors (Lipinski definition) is 2. The first-order chi connectivity index (χ1) is 30.7. The van der Waals surface area contributed by atoms with Gasteiger partial charge in [0.05, 0.1) is 35.6 Å². The zero-order chi connectivity index (χ0) is 48.7. The summed E-state index contributed by atoms with van der Waals surface area (Å²) in [6.07, 6.45) is -6.91. The number of aliphatic hydroxyl groups is 1. The molecule has 2 N–H and O–H groups in total. The van der Waals surface area contributed by atoms with Crippen molar-refractivity contribution in [3.8, 4) is 0 Å². The minimum atomic E-state index is -2.63. The molecule has 0 radical (unpaired) electrons. The maximum Gasteiger partial charge on any atom is 0.338 e. The number of ether oxygens (including phenoxy) is 5. The van der Waals surface area contributed by atoms with Crippen LogP contribution in [-0.4, -0.2) is 112 Å². The number of hydrogen-bond acceptors (Lipinski definition) is 14. The number of benzene rings is 2. The van der Waals surface area contributed by atoms with Gasteiger partial charge in [0.15, 0.2) is 40.2 Å². The number of ketones is 1. The maximum atomic E-state index is 15.9. The van der Waals surface area contributed by atoms with E-state index in [0.29, 0.717) is 16.7 Å². The van der Waals surface area contributed by atoms with Gasteiger partial charge >= 0.3 is 23.9 Å². The van der Waals surface area contributed by atoms with E-state index in [2.05, 4.69) is 5.32 Å². The second-order valence-corrected chi connectivity index (χ2v) is 29.1. The Morgan fingerprint density at radius 1 is 0.879 bits per heavy atom. The SMILES string of the molecule is C/C=C(\C)C(=O)N[C@@H](c1ccccc1)[C@@H](O[Si](C)(C)C)C(=O)O[C@H]1C[C@]2(O)CC(=C1C)[C@@H](OC(C)=O)C(=O)[C@@]1(C)C(C2OC(=O)c2ccccc2)[C@]2(OC(C)=O)CO[C@@H]2C[C@@H]1O[Si](C)(C)C. The molecule has 2 aromatic rings. The molecule has 11 atom stereocenters. The first kappa shape index (κ1) is 50.6. The third-order valence-electron chi connectivity index (χ3n) is 13.1. The Hall–Kier alpha value is -4.79. The summed E-state index contributed by atoms with van der Waals surface area (Å²) in [5.74, 6) is -5.68. The summed E-state index contributed by atoms with van der Waals surface area (Å²) >= 11 is 0. The lowest BCUT2D eigenvalue weighted by Gasteiger charge is -2.66. The highest BCUT2D eigenvalue weighted by Gasteiger charge is 2.76. The summed E-state index contributed by atoms with van der Waals surface area (Å²) in [6.45, 7) is 20.3. The average molecular weight is 948 g/mol. The molecule has 2 aromatic carbocycles. The molecular weight excluding hydrogens is 883 g/mol. The number of rotatable bonds is 14. The molecular formula is C49H65NO14Si2. The Kier molecular flexibility index (Phi) is 14.6. The van der Waals surface area contributed by atoms with Gasteiger partial charge in [-0.25, -0.2) is 9.59 Å². The van der Waals surface area contributed by atoms with E-state index in [0.717, 1.165) is 6.92 Å². The Balaban J connectivity index is 1.58. The molecule has 1 saturated heterocycles. The molecule has 1 aliphatic heterocycles. The minimum absolute atomic E-state index is 0.0876. The standard InChI is InChI=1S/C49H65NO14Si2/c1-13-28(2)44(54)50-38(32-20-16-14-17-21-32)40(64-66(10,11)12)46(56)60-35-26-48(57)25-34(29(35)3)39(59-30(4)51)42(53)47(6)36(63-65(7,8)9)24-37-49(27-58-37,62-31(5)52)41(47)43(48)61-45(55)33-22-18-15-19-23-33/h13-23,35-41,43,57H,24-27H2,1-12H3,(H,50,54)/b28-13+/t35-,36-,37+,38-,39+,40+,41?,43?,47+,48+,49-/m0/s1. The largest absolute Gasteiger partial charge is 0.456 e. The van der Waals surface area contributed by atoms with E-state index in [-0.39, 0.29) is 30.6 Å². The molecule has 66 heavy (non-hydrogen) atoms. The fourth-order valence-corrected chi connectivity index (χ4v) is 12.2. The third-order valence-corrected chi connectivity index (χ3v) is 15.1. The van der Waals surface area contributed by atoms with Gasteiger partial charge in [-0.05, 0) is 95.8 Å². The molecule has 0 aromatic heterocycles. The second kappa shape index (κ2) is 19.1. The summed E-state index contributed by atoms with van der Waals surface area (Å²) < 4.78 is 44.8. The fraction of sp³-hybridized carbons (Fsp3) is 0.551. The van der Waals surface area contributed by atoms with Crippen LogP contribution in [0, 0.1) is 11.3 Å². The molecule has 15 nitrogen and oxygen atoms in total. The van der Waals surface area contributed by atoms with Gasteiger partial charge < -0.3 is 43.0 Å². The number of amides is 1.